The SMILES string of the molecule is CC(C)C[C@H](CO)Nc1nc(C[C@@H](C)c2ccc(F)c(F)c2F)nc(NS(C)(=O)=O)n1. The number of hydrogen-bond acceptors (Lipinski definition) is 7. The molecule has 0 saturated carbocycles. The van der Waals surface area contributed by atoms with Crippen molar-refractivity contribution in [1.82, 2.24) is 15.0 Å². The summed E-state index contributed by atoms with van der Waals surface area (Å²) >= 11 is 0. The van der Waals surface area contributed by atoms with Gasteiger partial charge in [0.2, 0.25) is 21.9 Å². The van der Waals surface area contributed by atoms with Gasteiger partial charge in [-0.3, -0.25) is 4.72 Å². The standard InChI is InChI=1S/C19H26F3N5O3S/c1-10(2)7-12(9-28)23-18-24-15(25-19(26-18)27-31(4,29)30)8-11(3)13-5-6-14(20)17(22)16(13)21/h5-6,10-12,28H,7-9H2,1-4H3,(H2,23,24,25,26,27)/t11-,12-/m1/s1. The third kappa shape index (κ3) is 7.31. The van der Waals surface area contributed by atoms with Crippen LogP contribution in [0.15, 0.2) is 12.1 Å². The number of anilines is 2. The second-order valence-corrected chi connectivity index (χ2v) is 9.54. The smallest absolute Gasteiger partial charge is 0.241 e. The maximum atomic E-state index is 14.1. The molecule has 0 bridgehead atoms. The molecule has 0 spiro atoms. The van der Waals surface area contributed by atoms with Crippen molar-refractivity contribution in [2.24, 2.45) is 5.92 Å². The van der Waals surface area contributed by atoms with E-state index in [0.29, 0.717) is 6.42 Å². The Morgan fingerprint density at radius 2 is 1.68 bits per heavy atom. The Hall–Kier alpha value is -2.47. The molecule has 0 amide bonds. The summed E-state index contributed by atoms with van der Waals surface area (Å²) in [6, 6.07) is 1.58. The molecule has 0 aliphatic rings. The Balaban J connectivity index is 2.36. The molecule has 0 unspecified atom stereocenters. The van der Waals surface area contributed by atoms with Crippen LogP contribution in [0.3, 0.4) is 0 Å². The van der Waals surface area contributed by atoms with Crippen molar-refractivity contribution in [1.29, 1.82) is 0 Å². The minimum Gasteiger partial charge on any atom is -0.394 e. The third-order valence-electron chi connectivity index (χ3n) is 4.35. The Morgan fingerprint density at radius 1 is 1.03 bits per heavy atom. The molecule has 12 heteroatoms. The van der Waals surface area contributed by atoms with Crippen LogP contribution in [0.1, 0.15) is 44.5 Å². The van der Waals surface area contributed by atoms with E-state index in [-0.39, 0.29) is 48.3 Å². The summed E-state index contributed by atoms with van der Waals surface area (Å²) in [5.74, 6) is -4.69. The summed E-state index contributed by atoms with van der Waals surface area (Å²) in [5.41, 5.74) is -0.0699. The minimum absolute atomic E-state index is 0.00833. The topological polar surface area (TPSA) is 117 Å². The summed E-state index contributed by atoms with van der Waals surface area (Å²) in [6.45, 7) is 5.31. The first-order chi connectivity index (χ1) is 14.4. The zero-order valence-corrected chi connectivity index (χ0v) is 18.5. The van der Waals surface area contributed by atoms with Gasteiger partial charge in [0, 0.05) is 6.42 Å². The highest BCUT2D eigenvalue weighted by Crippen LogP contribution is 2.25. The van der Waals surface area contributed by atoms with E-state index in [9.17, 15) is 26.7 Å². The van der Waals surface area contributed by atoms with E-state index in [1.807, 2.05) is 13.8 Å². The Labute approximate surface area is 179 Å². The molecule has 2 rings (SSSR count). The lowest BCUT2D eigenvalue weighted by atomic mass is 9.96. The first-order valence-electron chi connectivity index (χ1n) is 9.63. The average molecular weight is 462 g/mol. The second kappa shape index (κ2) is 10.2. The predicted molar refractivity (Wildman–Crippen MR) is 111 cm³/mol. The van der Waals surface area contributed by atoms with E-state index in [0.717, 1.165) is 18.4 Å². The first kappa shape index (κ1) is 24.8. The number of nitrogens with zero attached hydrogens (tertiary/aromatic N) is 3. The van der Waals surface area contributed by atoms with Gasteiger partial charge in [0.1, 0.15) is 5.82 Å². The van der Waals surface area contributed by atoms with Crippen molar-refractivity contribution in [2.45, 2.75) is 45.6 Å². The number of aliphatic hydroxyl groups is 1. The molecule has 3 N–H and O–H groups in total. The monoisotopic (exact) mass is 461 g/mol. The number of sulfonamides is 1. The van der Waals surface area contributed by atoms with Crippen molar-refractivity contribution >= 4 is 21.9 Å². The fourth-order valence-electron chi connectivity index (χ4n) is 3.02. The number of hydrogen-bond donors (Lipinski definition) is 3. The van der Waals surface area contributed by atoms with Crippen LogP contribution in [0.25, 0.3) is 0 Å². The maximum absolute atomic E-state index is 14.1. The fraction of sp³-hybridized carbons (Fsp3) is 0.526. The van der Waals surface area contributed by atoms with E-state index in [1.165, 1.54) is 0 Å². The number of halogens is 3. The highest BCUT2D eigenvalue weighted by Gasteiger charge is 2.21. The molecule has 0 fully saturated rings. The van der Waals surface area contributed by atoms with E-state index in [4.69, 9.17) is 0 Å². The molecule has 1 aromatic carbocycles. The van der Waals surface area contributed by atoms with Crippen LogP contribution in [-0.2, 0) is 16.4 Å². The highest BCUT2D eigenvalue weighted by molar-refractivity contribution is 7.91. The van der Waals surface area contributed by atoms with Crippen LogP contribution in [0.4, 0.5) is 25.1 Å². The lowest BCUT2D eigenvalue weighted by Gasteiger charge is -2.19. The van der Waals surface area contributed by atoms with Crippen LogP contribution in [0.5, 0.6) is 0 Å². The van der Waals surface area contributed by atoms with Gasteiger partial charge in [0.25, 0.3) is 0 Å². The predicted octanol–water partition coefficient (Wildman–Crippen LogP) is 2.83. The van der Waals surface area contributed by atoms with Crippen molar-refractivity contribution in [3.63, 3.8) is 0 Å². The van der Waals surface area contributed by atoms with Gasteiger partial charge in [0.15, 0.2) is 17.5 Å². The van der Waals surface area contributed by atoms with Crippen LogP contribution in [-0.4, -0.2) is 47.4 Å². The third-order valence-corrected chi connectivity index (χ3v) is 4.91. The van der Waals surface area contributed by atoms with Gasteiger partial charge in [-0.15, -0.1) is 0 Å². The highest BCUT2D eigenvalue weighted by atomic mass is 32.2. The van der Waals surface area contributed by atoms with Gasteiger partial charge in [-0.2, -0.15) is 15.0 Å². The molecular weight excluding hydrogens is 435 g/mol. The number of aliphatic hydroxyl groups excluding tert-OH is 1. The van der Waals surface area contributed by atoms with Gasteiger partial charge in [-0.1, -0.05) is 26.8 Å². The van der Waals surface area contributed by atoms with Gasteiger partial charge in [-0.25, -0.2) is 21.6 Å². The number of rotatable bonds is 10. The lowest BCUT2D eigenvalue weighted by molar-refractivity contribution is 0.259. The van der Waals surface area contributed by atoms with Crippen molar-refractivity contribution < 1.29 is 26.7 Å². The van der Waals surface area contributed by atoms with Crippen molar-refractivity contribution in [3.8, 4) is 0 Å². The molecule has 31 heavy (non-hydrogen) atoms. The zero-order chi connectivity index (χ0) is 23.3. The Kier molecular flexibility index (Phi) is 8.18. The van der Waals surface area contributed by atoms with E-state index < -0.39 is 33.4 Å². The molecule has 172 valence electrons. The largest absolute Gasteiger partial charge is 0.394 e. The molecule has 0 radical (unpaired) electrons. The molecule has 1 aromatic heterocycles. The van der Waals surface area contributed by atoms with Gasteiger partial charge < -0.3 is 10.4 Å². The van der Waals surface area contributed by atoms with Crippen molar-refractivity contribution in [3.05, 3.63) is 41.0 Å². The Bertz CT molecular complexity index is 1020. The zero-order valence-electron chi connectivity index (χ0n) is 17.7. The maximum Gasteiger partial charge on any atom is 0.241 e. The number of aromatic nitrogens is 3. The van der Waals surface area contributed by atoms with E-state index >= 15 is 0 Å². The molecule has 8 nitrogen and oxygen atoms in total. The van der Waals surface area contributed by atoms with Gasteiger partial charge in [0.05, 0.1) is 18.9 Å². The normalized spacial score (nSPS) is 13.8. The Morgan fingerprint density at radius 3 is 2.26 bits per heavy atom. The summed E-state index contributed by atoms with van der Waals surface area (Å²) in [4.78, 5) is 12.3. The van der Waals surface area contributed by atoms with Crippen LogP contribution in [0.2, 0.25) is 0 Å². The first-order valence-corrected chi connectivity index (χ1v) is 11.5. The van der Waals surface area contributed by atoms with Gasteiger partial charge >= 0.3 is 0 Å². The summed E-state index contributed by atoms with van der Waals surface area (Å²) < 4.78 is 66.3. The van der Waals surface area contributed by atoms with Crippen LogP contribution in [0, 0.1) is 23.4 Å². The van der Waals surface area contributed by atoms with Gasteiger partial charge in [-0.05, 0) is 29.9 Å². The quantitative estimate of drug-likeness (QED) is 0.466. The minimum atomic E-state index is -3.69. The lowest BCUT2D eigenvalue weighted by Crippen LogP contribution is -2.27. The molecule has 1 heterocycles. The summed E-state index contributed by atoms with van der Waals surface area (Å²) in [5, 5.41) is 12.5. The van der Waals surface area contributed by atoms with E-state index in [1.54, 1.807) is 6.92 Å². The van der Waals surface area contributed by atoms with Crippen LogP contribution >= 0.6 is 0 Å². The summed E-state index contributed by atoms with van der Waals surface area (Å²) in [7, 11) is -3.69. The second-order valence-electron chi connectivity index (χ2n) is 7.80. The van der Waals surface area contributed by atoms with Crippen LogP contribution < -0.4 is 10.0 Å². The molecule has 0 aliphatic heterocycles. The number of benzene rings is 1. The van der Waals surface area contributed by atoms with Crippen molar-refractivity contribution in [2.75, 3.05) is 22.9 Å². The molecule has 0 aliphatic carbocycles. The average Bonchev–Trinajstić information content (AvgIpc) is 2.63. The molecule has 2 atom stereocenters. The van der Waals surface area contributed by atoms with E-state index in [2.05, 4.69) is 25.0 Å². The fourth-order valence-corrected chi connectivity index (χ4v) is 3.45. The molecular formula is C19H26F3N5O3S. The number of nitrogens with one attached hydrogen (secondary N) is 2. The summed E-state index contributed by atoms with van der Waals surface area (Å²) in [6.07, 6.45) is 1.52. The molecule has 2 aromatic rings. The molecule has 0 saturated heterocycles.